The van der Waals surface area contributed by atoms with Crippen molar-refractivity contribution in [2.24, 2.45) is 5.92 Å². The number of halogens is 2. The Morgan fingerprint density at radius 1 is 0.806 bits per heavy atom. The third-order valence-electron chi connectivity index (χ3n) is 5.52. The van der Waals surface area contributed by atoms with Crippen LogP contribution in [0, 0.1) is 5.92 Å². The van der Waals surface area contributed by atoms with Gasteiger partial charge in [-0.2, -0.15) is 0 Å². The maximum Gasteiger partial charge on any atom is 0.266 e. The monoisotopic (exact) mass is 454 g/mol. The quantitative estimate of drug-likeness (QED) is 0.578. The average Bonchev–Trinajstić information content (AvgIpc) is 3.28. The molecule has 31 heavy (non-hydrogen) atoms. The number of aromatic hydroxyl groups is 1. The van der Waals surface area contributed by atoms with Crippen LogP contribution in [0.5, 0.6) is 5.75 Å². The Hall–Kier alpha value is -3.06. The van der Waals surface area contributed by atoms with Gasteiger partial charge in [0, 0.05) is 0 Å². The first-order chi connectivity index (χ1) is 15.0. The fourth-order valence-electron chi connectivity index (χ4n) is 4.10. The Balaban J connectivity index is 1.58. The van der Waals surface area contributed by atoms with Gasteiger partial charge in [0.1, 0.15) is 11.7 Å². The molecule has 3 atom stereocenters. The van der Waals surface area contributed by atoms with Gasteiger partial charge >= 0.3 is 0 Å². The first-order valence-electron chi connectivity index (χ1n) is 9.58. The molecule has 2 amide bonds. The summed E-state index contributed by atoms with van der Waals surface area (Å²) in [6.07, 6.45) is -0.985. The molecule has 6 nitrogen and oxygen atoms in total. The van der Waals surface area contributed by atoms with Crippen molar-refractivity contribution in [2.75, 3.05) is 9.96 Å². The van der Waals surface area contributed by atoms with E-state index >= 15 is 0 Å². The van der Waals surface area contributed by atoms with Crippen LogP contribution in [0.3, 0.4) is 0 Å². The first kappa shape index (κ1) is 19.9. The van der Waals surface area contributed by atoms with E-state index in [2.05, 4.69) is 0 Å². The smallest absolute Gasteiger partial charge is 0.266 e. The Morgan fingerprint density at radius 2 is 1.52 bits per heavy atom. The molecule has 8 heteroatoms. The fraction of sp³-hybridized carbons (Fsp3) is 0.130. The van der Waals surface area contributed by atoms with Crippen molar-refractivity contribution >= 4 is 46.4 Å². The topological polar surface area (TPSA) is 70.1 Å². The number of hydrogen-bond donors (Lipinski definition) is 1. The molecule has 3 aromatic carbocycles. The lowest BCUT2D eigenvalue weighted by Crippen LogP contribution is -2.37. The van der Waals surface area contributed by atoms with Gasteiger partial charge in [-0.1, -0.05) is 53.5 Å². The van der Waals surface area contributed by atoms with Crippen LogP contribution in [0.1, 0.15) is 11.6 Å². The Morgan fingerprint density at radius 3 is 2.19 bits per heavy atom. The fourth-order valence-corrected chi connectivity index (χ4v) is 4.39. The van der Waals surface area contributed by atoms with Crippen LogP contribution >= 0.6 is 23.2 Å². The summed E-state index contributed by atoms with van der Waals surface area (Å²) in [5.41, 5.74) is 1.81. The molecule has 5 rings (SSSR count). The SMILES string of the molecule is O=C1[C@H]2[C@@H](c3ccc(O)cc3)N(c3ccccc3)O[C@H]2C(=O)N1c1ccc(Cl)c(Cl)c1. The van der Waals surface area contributed by atoms with Gasteiger partial charge in [0.2, 0.25) is 5.91 Å². The first-order valence-corrected chi connectivity index (χ1v) is 10.3. The van der Waals surface area contributed by atoms with E-state index in [-0.39, 0.29) is 16.7 Å². The Labute approximate surface area is 188 Å². The van der Waals surface area contributed by atoms with Crippen molar-refractivity contribution in [1.82, 2.24) is 0 Å². The maximum absolute atomic E-state index is 13.5. The number of hydrogen-bond acceptors (Lipinski definition) is 5. The summed E-state index contributed by atoms with van der Waals surface area (Å²) < 4.78 is 0. The van der Waals surface area contributed by atoms with Crippen molar-refractivity contribution in [2.45, 2.75) is 12.1 Å². The molecule has 0 aromatic heterocycles. The minimum Gasteiger partial charge on any atom is -0.508 e. The summed E-state index contributed by atoms with van der Waals surface area (Å²) >= 11 is 12.1. The number of amides is 2. The number of rotatable bonds is 3. The van der Waals surface area contributed by atoms with Crippen molar-refractivity contribution in [3.05, 3.63) is 88.4 Å². The van der Waals surface area contributed by atoms with Gasteiger partial charge in [0.05, 0.1) is 27.5 Å². The zero-order valence-electron chi connectivity index (χ0n) is 16.0. The molecule has 1 N–H and O–H groups in total. The zero-order valence-corrected chi connectivity index (χ0v) is 17.5. The molecule has 2 heterocycles. The summed E-state index contributed by atoms with van der Waals surface area (Å²) in [5.74, 6) is -1.51. The van der Waals surface area contributed by atoms with Crippen LogP contribution in [-0.4, -0.2) is 23.0 Å². The van der Waals surface area contributed by atoms with Crippen LogP contribution in [0.15, 0.2) is 72.8 Å². The van der Waals surface area contributed by atoms with E-state index in [4.69, 9.17) is 28.0 Å². The molecule has 2 saturated heterocycles. The number of hydroxylamine groups is 1. The van der Waals surface area contributed by atoms with Crippen molar-refractivity contribution in [3.8, 4) is 5.75 Å². The number of carbonyl (C=O) groups excluding carboxylic acids is 2. The van der Waals surface area contributed by atoms with E-state index in [9.17, 15) is 14.7 Å². The van der Waals surface area contributed by atoms with Gasteiger partial charge in [-0.25, -0.2) is 9.96 Å². The molecule has 2 aliphatic heterocycles. The van der Waals surface area contributed by atoms with E-state index in [1.54, 1.807) is 41.5 Å². The molecule has 3 aromatic rings. The van der Waals surface area contributed by atoms with Gasteiger partial charge in [-0.3, -0.25) is 14.4 Å². The zero-order chi connectivity index (χ0) is 21.7. The molecule has 0 unspecified atom stereocenters. The summed E-state index contributed by atoms with van der Waals surface area (Å²) in [7, 11) is 0. The minimum atomic E-state index is -0.985. The second-order valence-corrected chi connectivity index (χ2v) is 8.17. The average molecular weight is 455 g/mol. The molecule has 2 aliphatic rings. The molecule has 0 radical (unpaired) electrons. The second kappa shape index (κ2) is 7.57. The Bertz CT molecular complexity index is 1170. The molecule has 0 spiro atoms. The van der Waals surface area contributed by atoms with Crippen molar-refractivity contribution in [3.63, 3.8) is 0 Å². The lowest BCUT2D eigenvalue weighted by molar-refractivity contribution is -0.126. The van der Waals surface area contributed by atoms with Gasteiger partial charge in [-0.15, -0.1) is 0 Å². The predicted octanol–water partition coefficient (Wildman–Crippen LogP) is 4.75. The van der Waals surface area contributed by atoms with E-state index in [1.807, 2.05) is 30.3 Å². The summed E-state index contributed by atoms with van der Waals surface area (Å²) in [6.45, 7) is 0. The standard InChI is InChI=1S/C23H16Cl2N2O4/c24-17-11-8-15(12-18(17)25)26-22(29)19-20(13-6-9-16(28)10-7-13)27(31-21(19)23(26)30)14-4-2-1-3-5-14/h1-12,19-21,28H/t19-,20+,21+/m0/s1. The Kier molecular flexibility index (Phi) is 4.85. The minimum absolute atomic E-state index is 0.108. The number of para-hydroxylation sites is 1. The molecule has 2 fully saturated rings. The van der Waals surface area contributed by atoms with Crippen LogP contribution < -0.4 is 9.96 Å². The number of fused-ring (bicyclic) bond motifs is 1. The largest absolute Gasteiger partial charge is 0.508 e. The van der Waals surface area contributed by atoms with E-state index < -0.39 is 24.0 Å². The number of nitrogens with zero attached hydrogens (tertiary/aromatic N) is 2. The number of imide groups is 1. The van der Waals surface area contributed by atoms with Gasteiger partial charge in [-0.05, 0) is 48.0 Å². The van der Waals surface area contributed by atoms with Gasteiger partial charge in [0.15, 0.2) is 6.10 Å². The van der Waals surface area contributed by atoms with Gasteiger partial charge < -0.3 is 5.11 Å². The third-order valence-corrected chi connectivity index (χ3v) is 6.26. The van der Waals surface area contributed by atoms with Crippen molar-refractivity contribution < 1.29 is 19.5 Å². The lowest BCUT2D eigenvalue weighted by Gasteiger charge is -2.28. The summed E-state index contributed by atoms with van der Waals surface area (Å²) in [4.78, 5) is 33.9. The lowest BCUT2D eigenvalue weighted by atomic mass is 9.90. The second-order valence-electron chi connectivity index (χ2n) is 7.36. The highest BCUT2D eigenvalue weighted by atomic mass is 35.5. The van der Waals surface area contributed by atoms with Crippen LogP contribution in [-0.2, 0) is 14.4 Å². The number of anilines is 2. The van der Waals surface area contributed by atoms with E-state index in [1.165, 1.54) is 6.07 Å². The highest BCUT2D eigenvalue weighted by molar-refractivity contribution is 6.42. The molecular formula is C23H16Cl2N2O4. The number of benzene rings is 3. The predicted molar refractivity (Wildman–Crippen MR) is 117 cm³/mol. The third kappa shape index (κ3) is 3.24. The number of phenolic OH excluding ortho intramolecular Hbond substituents is 1. The molecule has 156 valence electrons. The van der Waals surface area contributed by atoms with Gasteiger partial charge in [0.25, 0.3) is 5.91 Å². The maximum atomic E-state index is 13.5. The summed E-state index contributed by atoms with van der Waals surface area (Å²) in [6, 6.07) is 19.9. The molecular weight excluding hydrogens is 439 g/mol. The van der Waals surface area contributed by atoms with Crippen molar-refractivity contribution in [1.29, 1.82) is 0 Å². The highest BCUT2D eigenvalue weighted by Gasteiger charge is 2.60. The highest BCUT2D eigenvalue weighted by Crippen LogP contribution is 2.48. The molecule has 0 saturated carbocycles. The molecule has 0 aliphatic carbocycles. The number of carbonyl (C=O) groups is 2. The van der Waals surface area contributed by atoms with E-state index in [0.717, 1.165) is 16.2 Å². The normalized spacial score (nSPS) is 22.8. The molecule has 0 bridgehead atoms. The van der Waals surface area contributed by atoms with E-state index in [0.29, 0.717) is 10.7 Å². The number of phenols is 1. The summed E-state index contributed by atoms with van der Waals surface area (Å²) in [5, 5.41) is 11.9. The van der Waals surface area contributed by atoms with Crippen LogP contribution in [0.2, 0.25) is 10.0 Å². The van der Waals surface area contributed by atoms with Crippen LogP contribution in [0.25, 0.3) is 0 Å². The van der Waals surface area contributed by atoms with Crippen LogP contribution in [0.4, 0.5) is 11.4 Å².